The van der Waals surface area contributed by atoms with E-state index in [2.05, 4.69) is 20.7 Å². The molecule has 0 aliphatic heterocycles. The first-order valence-electron chi connectivity index (χ1n) is 11.3. The summed E-state index contributed by atoms with van der Waals surface area (Å²) < 4.78 is 15.1. The molecule has 180 valence electrons. The predicted octanol–water partition coefficient (Wildman–Crippen LogP) is 4.34. The van der Waals surface area contributed by atoms with Crippen LogP contribution in [0.15, 0.2) is 65.8 Å². The average Bonchev–Trinajstić information content (AvgIpc) is 3.33. The average molecular weight is 473 g/mol. The zero-order valence-corrected chi connectivity index (χ0v) is 20.2. The number of aryl methyl sites for hydroxylation is 3. The normalized spacial score (nSPS) is 11.1. The zero-order chi connectivity index (χ0) is 24.8. The molecule has 35 heavy (non-hydrogen) atoms. The number of nitrogens with zero attached hydrogens (tertiary/aromatic N) is 5. The number of aromatic nitrogens is 4. The van der Waals surface area contributed by atoms with Crippen LogP contribution in [-0.4, -0.2) is 38.3 Å². The number of rotatable bonds is 9. The summed E-state index contributed by atoms with van der Waals surface area (Å²) in [5, 5.41) is 13.1. The van der Waals surface area contributed by atoms with Gasteiger partial charge in [-0.25, -0.2) is 5.43 Å². The fourth-order valence-electron chi connectivity index (χ4n) is 3.57. The van der Waals surface area contributed by atoms with E-state index in [1.807, 2.05) is 88.4 Å². The van der Waals surface area contributed by atoms with Crippen molar-refractivity contribution in [3.8, 4) is 23.1 Å². The van der Waals surface area contributed by atoms with Crippen LogP contribution in [0, 0.1) is 20.8 Å². The SMILES string of the molecule is CCOc1ccc(Oc2c(/C=N\NC(=O)Cn3nc(C)cc3C)c(C)nn2-c2ccccc2)cc1. The fraction of sp³-hybridized carbons (Fsp3) is 0.231. The Labute approximate surface area is 204 Å². The highest BCUT2D eigenvalue weighted by Crippen LogP contribution is 2.30. The van der Waals surface area contributed by atoms with Gasteiger partial charge in [-0.05, 0) is 70.2 Å². The molecule has 0 saturated carbocycles. The van der Waals surface area contributed by atoms with Crippen molar-refractivity contribution in [2.24, 2.45) is 5.10 Å². The number of benzene rings is 2. The van der Waals surface area contributed by atoms with Crippen LogP contribution in [0.4, 0.5) is 0 Å². The highest BCUT2D eigenvalue weighted by Gasteiger charge is 2.18. The van der Waals surface area contributed by atoms with E-state index in [4.69, 9.17) is 9.47 Å². The van der Waals surface area contributed by atoms with Crippen molar-refractivity contribution in [2.45, 2.75) is 34.2 Å². The van der Waals surface area contributed by atoms with Crippen LogP contribution in [0.1, 0.15) is 29.6 Å². The van der Waals surface area contributed by atoms with Crippen LogP contribution >= 0.6 is 0 Å². The van der Waals surface area contributed by atoms with Gasteiger partial charge in [-0.3, -0.25) is 9.48 Å². The van der Waals surface area contributed by atoms with E-state index in [9.17, 15) is 4.79 Å². The van der Waals surface area contributed by atoms with Gasteiger partial charge in [0, 0.05) is 5.69 Å². The maximum atomic E-state index is 12.4. The van der Waals surface area contributed by atoms with E-state index in [1.54, 1.807) is 15.6 Å². The molecule has 0 fully saturated rings. The third-order valence-electron chi connectivity index (χ3n) is 5.19. The molecular formula is C26H28N6O3. The fourth-order valence-corrected chi connectivity index (χ4v) is 3.57. The number of hydrazone groups is 1. The van der Waals surface area contributed by atoms with E-state index in [1.165, 1.54) is 0 Å². The molecule has 2 heterocycles. The van der Waals surface area contributed by atoms with Crippen LogP contribution in [0.25, 0.3) is 5.69 Å². The lowest BCUT2D eigenvalue weighted by molar-refractivity contribution is -0.121. The van der Waals surface area contributed by atoms with Gasteiger partial charge >= 0.3 is 0 Å². The van der Waals surface area contributed by atoms with Gasteiger partial charge in [0.1, 0.15) is 18.0 Å². The summed E-state index contributed by atoms with van der Waals surface area (Å²) in [5.41, 5.74) is 6.52. The molecule has 0 saturated heterocycles. The Hall–Kier alpha value is -4.40. The van der Waals surface area contributed by atoms with Gasteiger partial charge in [0.25, 0.3) is 5.91 Å². The molecule has 0 aliphatic rings. The zero-order valence-electron chi connectivity index (χ0n) is 20.2. The molecule has 0 spiro atoms. The van der Waals surface area contributed by atoms with Crippen molar-refractivity contribution >= 4 is 12.1 Å². The number of ether oxygens (including phenoxy) is 2. The second kappa shape index (κ2) is 10.7. The van der Waals surface area contributed by atoms with Gasteiger partial charge < -0.3 is 9.47 Å². The van der Waals surface area contributed by atoms with Crippen LogP contribution in [0.5, 0.6) is 17.4 Å². The number of amides is 1. The quantitative estimate of drug-likeness (QED) is 0.289. The van der Waals surface area contributed by atoms with Crippen molar-refractivity contribution in [2.75, 3.05) is 6.61 Å². The first kappa shape index (κ1) is 23.7. The summed E-state index contributed by atoms with van der Waals surface area (Å²) in [6, 6.07) is 19.0. The Balaban J connectivity index is 1.58. The smallest absolute Gasteiger partial charge is 0.261 e. The lowest BCUT2D eigenvalue weighted by Gasteiger charge is -2.11. The molecule has 2 aromatic carbocycles. The van der Waals surface area contributed by atoms with Gasteiger partial charge in [-0.2, -0.15) is 20.0 Å². The molecule has 4 aromatic rings. The van der Waals surface area contributed by atoms with Crippen LogP contribution in [-0.2, 0) is 11.3 Å². The summed E-state index contributed by atoms with van der Waals surface area (Å²) in [7, 11) is 0. The molecule has 0 atom stereocenters. The minimum atomic E-state index is -0.283. The lowest BCUT2D eigenvalue weighted by atomic mass is 10.2. The summed E-state index contributed by atoms with van der Waals surface area (Å²) in [6.07, 6.45) is 1.55. The Morgan fingerprint density at radius 2 is 1.74 bits per heavy atom. The van der Waals surface area contributed by atoms with Crippen LogP contribution < -0.4 is 14.9 Å². The summed E-state index contributed by atoms with van der Waals surface area (Å²) in [4.78, 5) is 12.4. The number of carbonyl (C=O) groups is 1. The highest BCUT2D eigenvalue weighted by atomic mass is 16.5. The largest absolute Gasteiger partial charge is 0.494 e. The number of hydrogen-bond acceptors (Lipinski definition) is 6. The minimum Gasteiger partial charge on any atom is -0.494 e. The first-order chi connectivity index (χ1) is 16.9. The van der Waals surface area contributed by atoms with E-state index >= 15 is 0 Å². The molecule has 0 aliphatic carbocycles. The van der Waals surface area contributed by atoms with Crippen LogP contribution in [0.3, 0.4) is 0 Å². The maximum Gasteiger partial charge on any atom is 0.261 e. The molecule has 1 N–H and O–H groups in total. The van der Waals surface area contributed by atoms with Crippen molar-refractivity contribution < 1.29 is 14.3 Å². The summed E-state index contributed by atoms with van der Waals surface area (Å²) >= 11 is 0. The number of hydrogen-bond donors (Lipinski definition) is 1. The second-order valence-electron chi connectivity index (χ2n) is 7.94. The standard InChI is InChI=1S/C26H28N6O3/c1-5-34-22-11-13-23(14-12-22)35-26-24(20(4)30-32(26)21-9-7-6-8-10-21)16-27-28-25(33)17-31-19(3)15-18(2)29-31/h6-16H,5,17H2,1-4H3,(H,28,33)/b27-16-. The summed E-state index contributed by atoms with van der Waals surface area (Å²) in [5.74, 6) is 1.58. The highest BCUT2D eigenvalue weighted by molar-refractivity contribution is 5.86. The van der Waals surface area contributed by atoms with E-state index in [0.717, 1.165) is 22.8 Å². The molecule has 9 nitrogen and oxygen atoms in total. The monoisotopic (exact) mass is 472 g/mol. The third-order valence-corrected chi connectivity index (χ3v) is 5.19. The van der Waals surface area contributed by atoms with E-state index in [-0.39, 0.29) is 12.5 Å². The number of para-hydroxylation sites is 1. The van der Waals surface area contributed by atoms with E-state index < -0.39 is 0 Å². The summed E-state index contributed by atoms with van der Waals surface area (Å²) in [6.45, 7) is 8.26. The number of nitrogens with one attached hydrogen (secondary N) is 1. The van der Waals surface area contributed by atoms with E-state index in [0.29, 0.717) is 29.5 Å². The van der Waals surface area contributed by atoms with Crippen molar-refractivity contribution in [1.82, 2.24) is 25.0 Å². The second-order valence-corrected chi connectivity index (χ2v) is 7.94. The van der Waals surface area contributed by atoms with Gasteiger partial charge in [0.05, 0.1) is 35.5 Å². The predicted molar refractivity (Wildman–Crippen MR) is 133 cm³/mol. The molecule has 2 aromatic heterocycles. The van der Waals surface area contributed by atoms with Crippen molar-refractivity contribution in [3.63, 3.8) is 0 Å². The molecule has 1 amide bonds. The maximum absolute atomic E-state index is 12.4. The molecule has 0 unspecified atom stereocenters. The molecule has 0 radical (unpaired) electrons. The van der Waals surface area contributed by atoms with Crippen molar-refractivity contribution in [1.29, 1.82) is 0 Å². The first-order valence-corrected chi connectivity index (χ1v) is 11.3. The number of carbonyl (C=O) groups excluding carboxylic acids is 1. The third kappa shape index (κ3) is 5.75. The molecule has 0 bridgehead atoms. The minimum absolute atomic E-state index is 0.0782. The lowest BCUT2D eigenvalue weighted by Crippen LogP contribution is -2.24. The van der Waals surface area contributed by atoms with Gasteiger partial charge in [-0.1, -0.05) is 18.2 Å². The van der Waals surface area contributed by atoms with Gasteiger partial charge in [-0.15, -0.1) is 0 Å². The Morgan fingerprint density at radius 3 is 2.40 bits per heavy atom. The van der Waals surface area contributed by atoms with Crippen molar-refractivity contribution in [3.05, 3.63) is 83.3 Å². The molecule has 9 heteroatoms. The molecule has 4 rings (SSSR count). The Bertz CT molecular complexity index is 1320. The van der Waals surface area contributed by atoms with Gasteiger partial charge in [0.15, 0.2) is 0 Å². The van der Waals surface area contributed by atoms with Crippen LogP contribution in [0.2, 0.25) is 0 Å². The topological polar surface area (TPSA) is 95.6 Å². The Morgan fingerprint density at radius 1 is 1.03 bits per heavy atom. The molecular weight excluding hydrogens is 444 g/mol. The van der Waals surface area contributed by atoms with Gasteiger partial charge in [0.2, 0.25) is 5.88 Å². The Kier molecular flexibility index (Phi) is 7.25.